The van der Waals surface area contributed by atoms with Crippen molar-refractivity contribution in [2.24, 2.45) is 0 Å². The third kappa shape index (κ3) is 3.58. The van der Waals surface area contributed by atoms with Gasteiger partial charge in [-0.2, -0.15) is 0 Å². The molecule has 0 aliphatic carbocycles. The maximum absolute atomic E-state index is 11.5. The second kappa shape index (κ2) is 6.21. The first-order chi connectivity index (χ1) is 9.10. The molecule has 0 aliphatic heterocycles. The molecule has 2 aromatic rings. The lowest BCUT2D eigenvalue weighted by Gasteiger charge is -1.99. The number of carbonyl (C=O) groups is 1. The summed E-state index contributed by atoms with van der Waals surface area (Å²) in [4.78, 5) is 17.7. The summed E-state index contributed by atoms with van der Waals surface area (Å²) in [7, 11) is 1.39. The first-order valence-electron chi connectivity index (χ1n) is 5.84. The predicted octanol–water partition coefficient (Wildman–Crippen LogP) is 3.84. The molecule has 0 fully saturated rings. The Morgan fingerprint density at radius 2 is 2.00 bits per heavy atom. The van der Waals surface area contributed by atoms with Crippen molar-refractivity contribution < 1.29 is 9.53 Å². The SMILES string of the molecule is COC(=O)c1sc(CSc2ccc(C)cc2)nc1C. The van der Waals surface area contributed by atoms with Crippen molar-refractivity contribution in [1.82, 2.24) is 4.98 Å². The van der Waals surface area contributed by atoms with Gasteiger partial charge in [-0.3, -0.25) is 0 Å². The van der Waals surface area contributed by atoms with Crippen LogP contribution in [0.25, 0.3) is 0 Å². The molecule has 19 heavy (non-hydrogen) atoms. The van der Waals surface area contributed by atoms with E-state index in [1.54, 1.807) is 11.8 Å². The summed E-state index contributed by atoms with van der Waals surface area (Å²) in [6.07, 6.45) is 0. The molecule has 0 amide bonds. The Labute approximate surface area is 121 Å². The topological polar surface area (TPSA) is 39.2 Å². The number of rotatable bonds is 4. The largest absolute Gasteiger partial charge is 0.465 e. The Bertz CT molecular complexity index is 576. The standard InChI is InChI=1S/C14H15NO2S2/c1-9-4-6-11(7-5-9)18-8-12-15-10(2)13(19-12)14(16)17-3/h4-7H,8H2,1-3H3. The molecule has 5 heteroatoms. The zero-order valence-corrected chi connectivity index (χ0v) is 12.7. The number of esters is 1. The normalized spacial score (nSPS) is 10.5. The van der Waals surface area contributed by atoms with Crippen LogP contribution in [0.5, 0.6) is 0 Å². The molecule has 0 bridgehead atoms. The number of thioether (sulfide) groups is 1. The Kier molecular flexibility index (Phi) is 4.61. The van der Waals surface area contributed by atoms with E-state index in [9.17, 15) is 4.79 Å². The number of benzene rings is 1. The lowest BCUT2D eigenvalue weighted by Crippen LogP contribution is -1.99. The summed E-state index contributed by atoms with van der Waals surface area (Å²) >= 11 is 3.13. The molecular formula is C14H15NO2S2. The third-order valence-corrected chi connectivity index (χ3v) is 4.94. The number of thiazole rings is 1. The van der Waals surface area contributed by atoms with Crippen molar-refractivity contribution in [3.05, 3.63) is 45.4 Å². The van der Waals surface area contributed by atoms with E-state index in [4.69, 9.17) is 4.74 Å². The minimum Gasteiger partial charge on any atom is -0.465 e. The number of ether oxygens (including phenoxy) is 1. The number of aromatic nitrogens is 1. The maximum Gasteiger partial charge on any atom is 0.349 e. The van der Waals surface area contributed by atoms with Gasteiger partial charge in [0.15, 0.2) is 0 Å². The monoisotopic (exact) mass is 293 g/mol. The first-order valence-corrected chi connectivity index (χ1v) is 7.64. The molecule has 1 aromatic heterocycles. The van der Waals surface area contributed by atoms with Crippen molar-refractivity contribution in [2.45, 2.75) is 24.5 Å². The van der Waals surface area contributed by atoms with Crippen molar-refractivity contribution in [3.8, 4) is 0 Å². The quantitative estimate of drug-likeness (QED) is 0.634. The average molecular weight is 293 g/mol. The minimum atomic E-state index is -0.304. The molecule has 0 unspecified atom stereocenters. The van der Waals surface area contributed by atoms with Crippen molar-refractivity contribution in [2.75, 3.05) is 7.11 Å². The minimum absolute atomic E-state index is 0.304. The zero-order chi connectivity index (χ0) is 13.8. The number of aryl methyl sites for hydroxylation is 2. The van der Waals surface area contributed by atoms with Crippen LogP contribution < -0.4 is 0 Å². The number of carbonyl (C=O) groups excluding carboxylic acids is 1. The lowest BCUT2D eigenvalue weighted by molar-refractivity contribution is 0.0605. The molecule has 0 saturated carbocycles. The van der Waals surface area contributed by atoms with Crippen LogP contribution in [-0.2, 0) is 10.5 Å². The van der Waals surface area contributed by atoms with E-state index in [1.807, 2.05) is 6.92 Å². The Morgan fingerprint density at radius 3 is 2.63 bits per heavy atom. The highest BCUT2D eigenvalue weighted by Gasteiger charge is 2.15. The summed E-state index contributed by atoms with van der Waals surface area (Å²) < 4.78 is 4.73. The van der Waals surface area contributed by atoms with Gasteiger partial charge in [0.2, 0.25) is 0 Å². The van der Waals surface area contributed by atoms with Crippen molar-refractivity contribution in [1.29, 1.82) is 0 Å². The zero-order valence-electron chi connectivity index (χ0n) is 11.1. The molecule has 0 aliphatic rings. The van der Waals surface area contributed by atoms with E-state index in [0.29, 0.717) is 4.88 Å². The number of hydrogen-bond donors (Lipinski definition) is 0. The van der Waals surface area contributed by atoms with Crippen LogP contribution in [0.1, 0.15) is 25.9 Å². The highest BCUT2D eigenvalue weighted by atomic mass is 32.2. The number of methoxy groups -OCH3 is 1. The van der Waals surface area contributed by atoms with Crippen LogP contribution >= 0.6 is 23.1 Å². The second-order valence-corrected chi connectivity index (χ2v) is 6.25. The Morgan fingerprint density at radius 1 is 1.32 bits per heavy atom. The van der Waals surface area contributed by atoms with Crippen LogP contribution in [-0.4, -0.2) is 18.1 Å². The van der Waals surface area contributed by atoms with E-state index in [2.05, 4.69) is 36.2 Å². The predicted molar refractivity (Wildman–Crippen MR) is 78.9 cm³/mol. The Balaban J connectivity index is 2.04. The fourth-order valence-electron chi connectivity index (χ4n) is 1.58. The van der Waals surface area contributed by atoms with Gasteiger partial charge >= 0.3 is 5.97 Å². The summed E-state index contributed by atoms with van der Waals surface area (Å²) in [6.45, 7) is 3.91. The van der Waals surface area contributed by atoms with Gasteiger partial charge in [-0.25, -0.2) is 9.78 Å². The van der Waals surface area contributed by atoms with Gasteiger partial charge in [0.1, 0.15) is 9.88 Å². The highest BCUT2D eigenvalue weighted by molar-refractivity contribution is 7.98. The van der Waals surface area contributed by atoms with E-state index in [-0.39, 0.29) is 5.97 Å². The summed E-state index contributed by atoms with van der Waals surface area (Å²) in [6, 6.07) is 8.38. The van der Waals surface area contributed by atoms with Gasteiger partial charge in [0.05, 0.1) is 18.6 Å². The molecule has 0 atom stereocenters. The maximum atomic E-state index is 11.5. The highest BCUT2D eigenvalue weighted by Crippen LogP contribution is 2.27. The molecule has 0 radical (unpaired) electrons. The average Bonchev–Trinajstić information content (AvgIpc) is 2.78. The van der Waals surface area contributed by atoms with Crippen molar-refractivity contribution in [3.63, 3.8) is 0 Å². The lowest BCUT2D eigenvalue weighted by atomic mass is 10.2. The van der Waals surface area contributed by atoms with Crippen LogP contribution in [0.2, 0.25) is 0 Å². The molecule has 0 saturated heterocycles. The smallest absolute Gasteiger partial charge is 0.349 e. The molecule has 0 N–H and O–H groups in total. The molecule has 1 aromatic carbocycles. The van der Waals surface area contributed by atoms with Gasteiger partial charge in [-0.05, 0) is 26.0 Å². The van der Waals surface area contributed by atoms with Crippen LogP contribution in [0.3, 0.4) is 0 Å². The second-order valence-electron chi connectivity index (χ2n) is 4.12. The van der Waals surface area contributed by atoms with Gasteiger partial charge in [-0.1, -0.05) is 17.7 Å². The van der Waals surface area contributed by atoms with Gasteiger partial charge in [0.25, 0.3) is 0 Å². The van der Waals surface area contributed by atoms with E-state index >= 15 is 0 Å². The molecule has 0 spiro atoms. The summed E-state index contributed by atoms with van der Waals surface area (Å²) in [5, 5.41) is 0.948. The molecular weight excluding hydrogens is 278 g/mol. The summed E-state index contributed by atoms with van der Waals surface area (Å²) in [5.41, 5.74) is 2.00. The fraction of sp³-hybridized carbons (Fsp3) is 0.286. The molecule has 2 rings (SSSR count). The molecule has 3 nitrogen and oxygen atoms in total. The fourth-order valence-corrected chi connectivity index (χ4v) is 3.45. The van der Waals surface area contributed by atoms with Gasteiger partial charge < -0.3 is 4.74 Å². The number of nitrogens with zero attached hydrogens (tertiary/aromatic N) is 1. The van der Waals surface area contributed by atoms with Gasteiger partial charge in [0, 0.05) is 4.90 Å². The van der Waals surface area contributed by atoms with E-state index in [0.717, 1.165) is 16.5 Å². The molecule has 100 valence electrons. The van der Waals surface area contributed by atoms with Crippen LogP contribution in [0, 0.1) is 13.8 Å². The third-order valence-electron chi connectivity index (χ3n) is 2.59. The number of hydrogen-bond acceptors (Lipinski definition) is 5. The van der Waals surface area contributed by atoms with Crippen LogP contribution in [0.15, 0.2) is 29.2 Å². The first kappa shape index (κ1) is 14.1. The van der Waals surface area contributed by atoms with E-state index in [1.165, 1.54) is 28.9 Å². The van der Waals surface area contributed by atoms with Gasteiger partial charge in [-0.15, -0.1) is 23.1 Å². The van der Waals surface area contributed by atoms with Crippen molar-refractivity contribution >= 4 is 29.1 Å². The summed E-state index contributed by atoms with van der Waals surface area (Å²) in [5.74, 6) is 0.465. The Hall–Kier alpha value is -1.33. The molecule has 1 heterocycles. The van der Waals surface area contributed by atoms with Crippen LogP contribution in [0.4, 0.5) is 0 Å². The van der Waals surface area contributed by atoms with E-state index < -0.39 is 0 Å².